The van der Waals surface area contributed by atoms with Gasteiger partial charge in [0, 0.05) is 44.0 Å². The van der Waals surface area contributed by atoms with Gasteiger partial charge >= 0.3 is 0 Å². The van der Waals surface area contributed by atoms with Gasteiger partial charge in [0.25, 0.3) is 0 Å². The third-order valence-corrected chi connectivity index (χ3v) is 5.08. The highest BCUT2D eigenvalue weighted by Crippen LogP contribution is 2.23. The number of anilines is 2. The zero-order valence-electron chi connectivity index (χ0n) is 15.7. The van der Waals surface area contributed by atoms with E-state index in [2.05, 4.69) is 58.9 Å². The van der Waals surface area contributed by atoms with E-state index in [-0.39, 0.29) is 5.91 Å². The Hall–Kier alpha value is -2.33. The van der Waals surface area contributed by atoms with Crippen LogP contribution >= 0.6 is 0 Å². The fraction of sp³-hybridized carbons (Fsp3) is 0.409. The maximum absolute atomic E-state index is 11.2. The van der Waals surface area contributed by atoms with Crippen molar-refractivity contribution in [2.75, 3.05) is 30.3 Å². The Morgan fingerprint density at radius 2 is 1.88 bits per heavy atom. The van der Waals surface area contributed by atoms with Crippen LogP contribution in [0.3, 0.4) is 0 Å². The largest absolute Gasteiger partial charge is 0.382 e. The molecular formula is C22H29N3O. The third kappa shape index (κ3) is 5.33. The van der Waals surface area contributed by atoms with Crippen molar-refractivity contribution in [3.8, 4) is 0 Å². The summed E-state index contributed by atoms with van der Waals surface area (Å²) in [4.78, 5) is 13.8. The van der Waals surface area contributed by atoms with Crippen LogP contribution in [-0.4, -0.2) is 36.5 Å². The van der Waals surface area contributed by atoms with Crippen molar-refractivity contribution in [1.82, 2.24) is 4.90 Å². The Labute approximate surface area is 156 Å². The van der Waals surface area contributed by atoms with Gasteiger partial charge in [-0.25, -0.2) is 0 Å². The topological polar surface area (TPSA) is 44.4 Å². The molecule has 1 aliphatic rings. The fourth-order valence-corrected chi connectivity index (χ4v) is 3.69. The molecule has 1 amide bonds. The van der Waals surface area contributed by atoms with Crippen molar-refractivity contribution in [3.63, 3.8) is 0 Å². The van der Waals surface area contributed by atoms with Crippen molar-refractivity contribution in [2.24, 2.45) is 5.92 Å². The Kier molecular flexibility index (Phi) is 6.29. The summed E-state index contributed by atoms with van der Waals surface area (Å²) >= 11 is 0. The predicted molar refractivity (Wildman–Crippen MR) is 109 cm³/mol. The van der Waals surface area contributed by atoms with E-state index in [1.165, 1.54) is 12.5 Å². The van der Waals surface area contributed by atoms with Crippen molar-refractivity contribution in [1.29, 1.82) is 0 Å². The second kappa shape index (κ2) is 8.86. The Morgan fingerprint density at radius 3 is 2.62 bits per heavy atom. The smallest absolute Gasteiger partial charge is 0.221 e. The highest BCUT2D eigenvalue weighted by molar-refractivity contribution is 5.89. The lowest BCUT2D eigenvalue weighted by Crippen LogP contribution is -2.45. The molecule has 138 valence electrons. The van der Waals surface area contributed by atoms with Crippen LogP contribution in [0.5, 0.6) is 0 Å². The number of nitrogens with one attached hydrogen (secondary N) is 2. The molecule has 0 aliphatic carbocycles. The molecule has 0 unspecified atom stereocenters. The maximum atomic E-state index is 11.2. The number of hydrogen-bond acceptors (Lipinski definition) is 3. The summed E-state index contributed by atoms with van der Waals surface area (Å²) in [7, 11) is 0. The number of hydrogen-bond donors (Lipinski definition) is 2. The van der Waals surface area contributed by atoms with Crippen LogP contribution in [0.4, 0.5) is 11.4 Å². The first kappa shape index (κ1) is 18.5. The zero-order valence-corrected chi connectivity index (χ0v) is 15.7. The molecule has 1 saturated heterocycles. The number of benzene rings is 2. The average Bonchev–Trinajstić information content (AvgIpc) is 2.63. The molecule has 0 radical (unpaired) electrons. The molecule has 1 heterocycles. The second-order valence-corrected chi connectivity index (χ2v) is 7.31. The molecule has 4 nitrogen and oxygen atoms in total. The minimum atomic E-state index is -0.0396. The number of carbonyl (C=O) groups is 1. The number of piperidine rings is 1. The first-order chi connectivity index (χ1) is 12.6. The molecule has 2 aromatic rings. The third-order valence-electron chi connectivity index (χ3n) is 5.08. The van der Waals surface area contributed by atoms with E-state index in [0.717, 1.165) is 43.9 Å². The van der Waals surface area contributed by atoms with Crippen LogP contribution < -0.4 is 10.6 Å². The van der Waals surface area contributed by atoms with Gasteiger partial charge in [-0.05, 0) is 42.5 Å². The molecule has 2 N–H and O–H groups in total. The van der Waals surface area contributed by atoms with Crippen LogP contribution in [0.1, 0.15) is 25.8 Å². The van der Waals surface area contributed by atoms with Crippen molar-refractivity contribution >= 4 is 17.3 Å². The summed E-state index contributed by atoms with van der Waals surface area (Å²) in [5.74, 6) is 0.547. The summed E-state index contributed by atoms with van der Waals surface area (Å²) in [6.45, 7) is 7.23. The first-order valence-corrected chi connectivity index (χ1v) is 9.50. The maximum Gasteiger partial charge on any atom is 0.221 e. The number of likely N-dealkylation sites (tertiary alicyclic amines) is 1. The standard InChI is InChI=1S/C22H29N3O/c1-17-16-25(13-11-19-7-4-3-5-8-19)14-12-22(17)24-21-10-6-9-20(15-21)23-18(2)26/h3-10,15,17,22,24H,11-14,16H2,1-2H3,(H,23,26)/t17-,22-/m1/s1. The van der Waals surface area contributed by atoms with E-state index in [1.54, 1.807) is 0 Å². The second-order valence-electron chi connectivity index (χ2n) is 7.31. The lowest BCUT2D eigenvalue weighted by molar-refractivity contribution is -0.114. The number of rotatable bonds is 6. The van der Waals surface area contributed by atoms with Crippen molar-refractivity contribution in [2.45, 2.75) is 32.7 Å². The van der Waals surface area contributed by atoms with Gasteiger partial charge in [0.2, 0.25) is 5.91 Å². The van der Waals surface area contributed by atoms with Gasteiger partial charge in [0.05, 0.1) is 0 Å². The van der Waals surface area contributed by atoms with Gasteiger partial charge < -0.3 is 15.5 Å². The SMILES string of the molecule is CC(=O)Nc1cccc(N[C@@H]2CCN(CCc3ccccc3)C[C@H]2C)c1. The van der Waals surface area contributed by atoms with Gasteiger partial charge in [-0.2, -0.15) is 0 Å². The van der Waals surface area contributed by atoms with Gasteiger partial charge in [-0.3, -0.25) is 4.79 Å². The summed E-state index contributed by atoms with van der Waals surface area (Å²) in [6, 6.07) is 19.2. The Balaban J connectivity index is 1.50. The molecule has 0 spiro atoms. The quantitative estimate of drug-likeness (QED) is 0.826. The molecule has 0 saturated carbocycles. The van der Waals surface area contributed by atoms with Gasteiger partial charge in [-0.1, -0.05) is 43.3 Å². The van der Waals surface area contributed by atoms with Crippen molar-refractivity contribution in [3.05, 3.63) is 60.2 Å². The van der Waals surface area contributed by atoms with E-state index >= 15 is 0 Å². The van der Waals surface area contributed by atoms with Gasteiger partial charge in [0.1, 0.15) is 0 Å². The van der Waals surface area contributed by atoms with Crippen LogP contribution in [0.15, 0.2) is 54.6 Å². The van der Waals surface area contributed by atoms with E-state index in [0.29, 0.717) is 12.0 Å². The lowest BCUT2D eigenvalue weighted by atomic mass is 9.93. The number of amides is 1. The average molecular weight is 351 g/mol. The molecule has 1 fully saturated rings. The van der Waals surface area contributed by atoms with Gasteiger partial charge in [-0.15, -0.1) is 0 Å². The molecule has 26 heavy (non-hydrogen) atoms. The Bertz CT molecular complexity index is 716. The molecule has 0 bridgehead atoms. The van der Waals surface area contributed by atoms with E-state index in [9.17, 15) is 4.79 Å². The number of nitrogens with zero attached hydrogens (tertiary/aromatic N) is 1. The summed E-state index contributed by atoms with van der Waals surface area (Å²) in [5.41, 5.74) is 3.33. The molecule has 4 heteroatoms. The molecule has 2 aromatic carbocycles. The Morgan fingerprint density at radius 1 is 1.12 bits per heavy atom. The highest BCUT2D eigenvalue weighted by atomic mass is 16.1. The van der Waals surface area contributed by atoms with Crippen LogP contribution in [0, 0.1) is 5.92 Å². The van der Waals surface area contributed by atoms with E-state index < -0.39 is 0 Å². The summed E-state index contributed by atoms with van der Waals surface area (Å²) in [5, 5.41) is 6.51. The molecule has 0 aromatic heterocycles. The predicted octanol–water partition coefficient (Wildman–Crippen LogP) is 4.01. The van der Waals surface area contributed by atoms with Crippen LogP contribution in [0.2, 0.25) is 0 Å². The van der Waals surface area contributed by atoms with Gasteiger partial charge in [0.15, 0.2) is 0 Å². The van der Waals surface area contributed by atoms with Crippen molar-refractivity contribution < 1.29 is 4.79 Å². The fourth-order valence-electron chi connectivity index (χ4n) is 3.69. The van der Waals surface area contributed by atoms with E-state index in [4.69, 9.17) is 0 Å². The molecule has 2 atom stereocenters. The first-order valence-electron chi connectivity index (χ1n) is 9.50. The summed E-state index contributed by atoms with van der Waals surface area (Å²) < 4.78 is 0. The lowest BCUT2D eigenvalue weighted by Gasteiger charge is -2.38. The van der Waals surface area contributed by atoms with E-state index in [1.807, 2.05) is 18.2 Å². The summed E-state index contributed by atoms with van der Waals surface area (Å²) in [6.07, 6.45) is 2.25. The minimum Gasteiger partial charge on any atom is -0.382 e. The number of carbonyl (C=O) groups excluding carboxylic acids is 1. The zero-order chi connectivity index (χ0) is 18.4. The molecular weight excluding hydrogens is 322 g/mol. The monoisotopic (exact) mass is 351 g/mol. The van der Waals surface area contributed by atoms with Crippen LogP contribution in [0.25, 0.3) is 0 Å². The normalized spacial score (nSPS) is 20.5. The minimum absolute atomic E-state index is 0.0396. The van der Waals surface area contributed by atoms with Crippen LogP contribution in [-0.2, 0) is 11.2 Å². The molecule has 3 rings (SSSR count). The molecule has 1 aliphatic heterocycles. The highest BCUT2D eigenvalue weighted by Gasteiger charge is 2.25.